The smallest absolute Gasteiger partial charge is 0.243 e. The second-order valence-electron chi connectivity index (χ2n) is 7.72. The summed E-state index contributed by atoms with van der Waals surface area (Å²) >= 11 is 0. The molecule has 0 saturated carbocycles. The summed E-state index contributed by atoms with van der Waals surface area (Å²) in [5.74, 6) is -0.236. The maximum absolute atomic E-state index is 13.3. The van der Waals surface area contributed by atoms with Crippen LogP contribution in [0.3, 0.4) is 0 Å². The molecule has 1 spiro atoms. The number of carbonyl (C=O) groups is 1. The summed E-state index contributed by atoms with van der Waals surface area (Å²) in [7, 11) is -3.78. The third-order valence-electron chi connectivity index (χ3n) is 5.83. The van der Waals surface area contributed by atoms with Crippen molar-refractivity contribution in [1.29, 1.82) is 0 Å². The number of rotatable bonds is 4. The van der Waals surface area contributed by atoms with E-state index in [1.807, 2.05) is 12.1 Å². The third kappa shape index (κ3) is 3.40. The molecule has 0 bridgehead atoms. The van der Waals surface area contributed by atoms with Gasteiger partial charge in [0.15, 0.2) is 0 Å². The van der Waals surface area contributed by atoms with E-state index in [0.717, 1.165) is 18.4 Å². The molecular weight excluding hydrogens is 352 g/mol. The first-order valence-electron chi connectivity index (χ1n) is 9.27. The van der Waals surface area contributed by atoms with Crippen LogP contribution in [-0.2, 0) is 19.6 Å². The van der Waals surface area contributed by atoms with Crippen molar-refractivity contribution < 1.29 is 17.9 Å². The Balaban J connectivity index is 1.97. The van der Waals surface area contributed by atoms with Gasteiger partial charge in [-0.15, -0.1) is 0 Å². The summed E-state index contributed by atoms with van der Waals surface area (Å²) in [6.07, 6.45) is 2.87. The number of benzene rings is 1. The van der Waals surface area contributed by atoms with Gasteiger partial charge in [-0.05, 0) is 49.3 Å². The van der Waals surface area contributed by atoms with Crippen LogP contribution in [0.2, 0.25) is 0 Å². The van der Waals surface area contributed by atoms with Crippen molar-refractivity contribution >= 4 is 15.9 Å². The Labute approximate surface area is 155 Å². The number of ether oxygens (including phenoxy) is 1. The molecule has 7 heteroatoms. The molecule has 2 aliphatic rings. The highest BCUT2D eigenvalue weighted by molar-refractivity contribution is 7.89. The van der Waals surface area contributed by atoms with Gasteiger partial charge in [0.2, 0.25) is 15.9 Å². The summed E-state index contributed by atoms with van der Waals surface area (Å²) in [5.41, 5.74) is 6.39. The molecule has 2 heterocycles. The minimum absolute atomic E-state index is 0.220. The van der Waals surface area contributed by atoms with Crippen molar-refractivity contribution in [2.45, 2.75) is 56.4 Å². The molecule has 1 amide bonds. The number of piperidine rings is 1. The highest BCUT2D eigenvalue weighted by atomic mass is 32.2. The maximum atomic E-state index is 13.3. The Hall–Kier alpha value is -1.44. The molecule has 6 nitrogen and oxygen atoms in total. The minimum atomic E-state index is -3.78. The number of amides is 1. The molecular formula is C19H28N2O4S. The second kappa shape index (κ2) is 7.29. The predicted molar refractivity (Wildman–Crippen MR) is 99.1 cm³/mol. The first kappa shape index (κ1) is 19.3. The molecule has 3 rings (SSSR count). The van der Waals surface area contributed by atoms with Crippen molar-refractivity contribution in [3.05, 3.63) is 29.8 Å². The van der Waals surface area contributed by atoms with Crippen LogP contribution in [0.25, 0.3) is 0 Å². The van der Waals surface area contributed by atoms with Crippen molar-refractivity contribution in [2.24, 2.45) is 11.1 Å². The van der Waals surface area contributed by atoms with Crippen molar-refractivity contribution in [3.63, 3.8) is 0 Å². The van der Waals surface area contributed by atoms with E-state index in [2.05, 4.69) is 13.8 Å². The highest BCUT2D eigenvalue weighted by Crippen LogP contribution is 2.45. The molecule has 0 aliphatic carbocycles. The van der Waals surface area contributed by atoms with Crippen molar-refractivity contribution in [1.82, 2.24) is 4.31 Å². The average molecular weight is 381 g/mol. The second-order valence-corrected chi connectivity index (χ2v) is 9.61. The van der Waals surface area contributed by atoms with Crippen LogP contribution in [0.4, 0.5) is 0 Å². The molecule has 144 valence electrons. The first-order chi connectivity index (χ1) is 12.3. The van der Waals surface area contributed by atoms with Gasteiger partial charge in [0, 0.05) is 25.2 Å². The Bertz CT molecular complexity index is 747. The summed E-state index contributed by atoms with van der Waals surface area (Å²) in [6, 6.07) is 6.13. The number of nitrogens with two attached hydrogens (primary N) is 1. The summed E-state index contributed by atoms with van der Waals surface area (Å²) in [4.78, 5) is 12.6. The SMILES string of the molecule is CC(C)c1ccc(S(=O)(=O)N2CCCC3(CCOCC3)C2C(N)=O)cc1. The molecule has 2 fully saturated rings. The molecule has 1 aromatic rings. The Morgan fingerprint density at radius 1 is 1.19 bits per heavy atom. The molecule has 2 saturated heterocycles. The zero-order valence-corrected chi connectivity index (χ0v) is 16.3. The lowest BCUT2D eigenvalue weighted by Crippen LogP contribution is -2.61. The van der Waals surface area contributed by atoms with Gasteiger partial charge >= 0.3 is 0 Å². The molecule has 2 N–H and O–H groups in total. The van der Waals surface area contributed by atoms with E-state index in [1.165, 1.54) is 4.31 Å². The Morgan fingerprint density at radius 3 is 2.35 bits per heavy atom. The Morgan fingerprint density at radius 2 is 1.81 bits per heavy atom. The van der Waals surface area contributed by atoms with E-state index >= 15 is 0 Å². The molecule has 26 heavy (non-hydrogen) atoms. The summed E-state index contributed by atoms with van der Waals surface area (Å²) in [6.45, 7) is 5.53. The van der Waals surface area contributed by atoms with Gasteiger partial charge in [-0.25, -0.2) is 8.42 Å². The monoisotopic (exact) mass is 380 g/mol. The van der Waals surface area contributed by atoms with Crippen LogP contribution < -0.4 is 5.73 Å². The van der Waals surface area contributed by atoms with E-state index < -0.39 is 27.4 Å². The Kier molecular flexibility index (Phi) is 5.42. The number of sulfonamides is 1. The molecule has 1 unspecified atom stereocenters. The number of carbonyl (C=O) groups excluding carboxylic acids is 1. The summed E-state index contributed by atoms with van der Waals surface area (Å²) in [5, 5.41) is 0. The quantitative estimate of drug-likeness (QED) is 0.867. The van der Waals surface area contributed by atoms with Crippen LogP contribution in [-0.4, -0.2) is 44.4 Å². The molecule has 1 atom stereocenters. The zero-order chi connectivity index (χ0) is 18.9. The van der Waals surface area contributed by atoms with Gasteiger partial charge in [-0.2, -0.15) is 4.31 Å². The minimum Gasteiger partial charge on any atom is -0.381 e. The van der Waals surface area contributed by atoms with E-state index in [-0.39, 0.29) is 4.90 Å². The first-order valence-corrected chi connectivity index (χ1v) is 10.7. The lowest BCUT2D eigenvalue weighted by Gasteiger charge is -2.49. The van der Waals surface area contributed by atoms with E-state index in [1.54, 1.807) is 12.1 Å². The number of hydrogen-bond acceptors (Lipinski definition) is 4. The van der Waals surface area contributed by atoms with Gasteiger partial charge in [-0.3, -0.25) is 4.79 Å². The van der Waals surface area contributed by atoms with E-state index in [9.17, 15) is 13.2 Å². The fraction of sp³-hybridized carbons (Fsp3) is 0.632. The van der Waals surface area contributed by atoms with Crippen molar-refractivity contribution in [3.8, 4) is 0 Å². The van der Waals surface area contributed by atoms with Crippen LogP contribution in [0.15, 0.2) is 29.2 Å². The van der Waals surface area contributed by atoms with Crippen molar-refractivity contribution in [2.75, 3.05) is 19.8 Å². The predicted octanol–water partition coefficient (Wildman–Crippen LogP) is 2.25. The average Bonchev–Trinajstić information content (AvgIpc) is 2.62. The third-order valence-corrected chi connectivity index (χ3v) is 7.71. The van der Waals surface area contributed by atoms with Gasteiger partial charge < -0.3 is 10.5 Å². The number of nitrogens with zero attached hydrogens (tertiary/aromatic N) is 1. The largest absolute Gasteiger partial charge is 0.381 e. The van der Waals surface area contributed by atoms with Crippen LogP contribution in [0, 0.1) is 5.41 Å². The van der Waals surface area contributed by atoms with Gasteiger partial charge in [-0.1, -0.05) is 26.0 Å². The topological polar surface area (TPSA) is 89.7 Å². The normalized spacial score (nSPS) is 24.0. The standard InChI is InChI=1S/C19H28N2O4S/c1-14(2)15-4-6-16(7-5-15)26(23,24)21-11-3-8-19(17(21)18(20)22)9-12-25-13-10-19/h4-7,14,17H,3,8-13H2,1-2H3,(H2,20,22). The van der Waals surface area contributed by atoms with E-state index in [4.69, 9.17) is 10.5 Å². The number of primary amides is 1. The van der Waals surface area contributed by atoms with E-state index in [0.29, 0.717) is 38.5 Å². The van der Waals surface area contributed by atoms with Gasteiger partial charge in [0.05, 0.1) is 4.90 Å². The van der Waals surface area contributed by atoms with Crippen LogP contribution >= 0.6 is 0 Å². The van der Waals surface area contributed by atoms with Gasteiger partial charge in [0.1, 0.15) is 6.04 Å². The highest BCUT2D eigenvalue weighted by Gasteiger charge is 2.52. The molecule has 2 aliphatic heterocycles. The molecule has 0 aromatic heterocycles. The fourth-order valence-electron chi connectivity index (χ4n) is 4.32. The number of hydrogen-bond donors (Lipinski definition) is 1. The van der Waals surface area contributed by atoms with Gasteiger partial charge in [0.25, 0.3) is 0 Å². The lowest BCUT2D eigenvalue weighted by atomic mass is 9.68. The zero-order valence-electron chi connectivity index (χ0n) is 15.5. The molecule has 0 radical (unpaired) electrons. The van der Waals surface area contributed by atoms with Crippen LogP contribution in [0.1, 0.15) is 51.0 Å². The summed E-state index contributed by atoms with van der Waals surface area (Å²) < 4.78 is 33.4. The van der Waals surface area contributed by atoms with Crippen LogP contribution in [0.5, 0.6) is 0 Å². The maximum Gasteiger partial charge on any atom is 0.243 e. The fourth-order valence-corrected chi connectivity index (χ4v) is 6.05. The lowest BCUT2D eigenvalue weighted by molar-refractivity contribution is -0.132. The molecule has 1 aromatic carbocycles.